The number of rotatable bonds is 29. The van der Waals surface area contributed by atoms with Crippen LogP contribution in [0.3, 0.4) is 0 Å². The van der Waals surface area contributed by atoms with E-state index in [9.17, 15) is 28.8 Å². The molecule has 388 valence electrons. The first-order valence-corrected chi connectivity index (χ1v) is 25.4. The maximum atomic E-state index is 15.7. The highest BCUT2D eigenvalue weighted by Gasteiger charge is 2.46. The second-order valence-electron chi connectivity index (χ2n) is 17.6. The summed E-state index contributed by atoms with van der Waals surface area (Å²) in [4.78, 5) is 80.8. The van der Waals surface area contributed by atoms with E-state index >= 15 is 4.39 Å². The minimum Gasteiger partial charge on any atom is -0.490 e. The van der Waals surface area contributed by atoms with E-state index in [-0.39, 0.29) is 73.6 Å². The molecule has 1 aliphatic carbocycles. The predicted octanol–water partition coefficient (Wildman–Crippen LogP) is 4.35. The highest BCUT2D eigenvalue weighted by atomic mass is 32.2. The number of amides is 6. The van der Waals surface area contributed by atoms with Crippen LogP contribution in [-0.2, 0) is 44.5 Å². The van der Waals surface area contributed by atoms with Crippen molar-refractivity contribution < 1.29 is 61.6 Å². The van der Waals surface area contributed by atoms with Crippen molar-refractivity contribution in [3.05, 3.63) is 94.9 Å². The number of benzene rings is 3. The monoisotopic (exact) mass is 1030 g/mol. The van der Waals surface area contributed by atoms with Crippen LogP contribution in [0.1, 0.15) is 75.2 Å². The molecule has 1 unspecified atom stereocenters. The first-order chi connectivity index (χ1) is 35.5. The molecule has 1 saturated heterocycles. The Hall–Kier alpha value is -6.33. The Morgan fingerprint density at radius 1 is 0.767 bits per heavy atom. The van der Waals surface area contributed by atoms with Gasteiger partial charge in [0.1, 0.15) is 30.0 Å². The molecule has 0 radical (unpaired) electrons. The first-order valence-electron chi connectivity index (χ1n) is 24.6. The van der Waals surface area contributed by atoms with E-state index in [4.69, 9.17) is 34.2 Å². The van der Waals surface area contributed by atoms with Gasteiger partial charge in [-0.3, -0.25) is 39.0 Å². The summed E-state index contributed by atoms with van der Waals surface area (Å²) in [6, 6.07) is 16.7. The van der Waals surface area contributed by atoms with Gasteiger partial charge in [-0.25, -0.2) is 13.7 Å². The number of imide groups is 2. The number of halogens is 1. The Labute approximate surface area is 426 Å². The Morgan fingerprint density at radius 3 is 2.16 bits per heavy atom. The van der Waals surface area contributed by atoms with Crippen LogP contribution in [-0.4, -0.2) is 154 Å². The van der Waals surface area contributed by atoms with Crippen LogP contribution in [0.4, 0.5) is 10.2 Å². The zero-order chi connectivity index (χ0) is 51.1. The van der Waals surface area contributed by atoms with Crippen molar-refractivity contribution in [2.75, 3.05) is 98.0 Å². The van der Waals surface area contributed by atoms with Gasteiger partial charge in [-0.05, 0) is 91.6 Å². The van der Waals surface area contributed by atoms with E-state index in [1.54, 1.807) is 36.5 Å². The van der Waals surface area contributed by atoms with Gasteiger partial charge in [-0.1, -0.05) is 24.3 Å². The maximum absolute atomic E-state index is 15.7. The smallest absolute Gasteiger partial charge is 0.266 e. The molecule has 1 aromatic heterocycles. The number of nitrogens with one attached hydrogen (secondary N) is 3. The highest BCUT2D eigenvalue weighted by molar-refractivity contribution is 7.97. The van der Waals surface area contributed by atoms with Gasteiger partial charge in [-0.15, -0.1) is 0 Å². The Balaban J connectivity index is 0.613. The molecule has 73 heavy (non-hydrogen) atoms. The summed E-state index contributed by atoms with van der Waals surface area (Å²) in [5.74, 6) is -2.36. The van der Waals surface area contributed by atoms with Crippen molar-refractivity contribution >= 4 is 53.2 Å². The summed E-state index contributed by atoms with van der Waals surface area (Å²) in [7, 11) is 0. The highest BCUT2D eigenvalue weighted by Crippen LogP contribution is 2.39. The Bertz CT molecular complexity index is 2650. The number of nitrogens with zero attached hydrogens (tertiary/aromatic N) is 3. The third-order valence-electron chi connectivity index (χ3n) is 12.4. The van der Waals surface area contributed by atoms with Crippen molar-refractivity contribution in [1.82, 2.24) is 30.1 Å². The lowest BCUT2D eigenvalue weighted by Crippen LogP contribution is -2.54. The number of carbonyl (C=O) groups is 6. The quantitative estimate of drug-likeness (QED) is 0.0336. The lowest BCUT2D eigenvalue weighted by Gasteiger charge is -2.27. The van der Waals surface area contributed by atoms with Gasteiger partial charge in [0, 0.05) is 71.9 Å². The third kappa shape index (κ3) is 14.3. The van der Waals surface area contributed by atoms with Crippen molar-refractivity contribution in [3.8, 4) is 28.0 Å². The van der Waals surface area contributed by atoms with Gasteiger partial charge < -0.3 is 44.8 Å². The van der Waals surface area contributed by atoms with E-state index < -0.39 is 29.7 Å². The van der Waals surface area contributed by atoms with Crippen LogP contribution in [0.2, 0.25) is 0 Å². The summed E-state index contributed by atoms with van der Waals surface area (Å²) in [6.45, 7) is 5.28. The van der Waals surface area contributed by atoms with Crippen LogP contribution in [0.5, 0.6) is 5.75 Å². The molecule has 21 heteroatoms. The first kappa shape index (κ1) is 53.0. The molecule has 2 fully saturated rings. The summed E-state index contributed by atoms with van der Waals surface area (Å²) in [5.41, 5.74) is 10.6. The number of carbonyl (C=O) groups excluding carboxylic acids is 6. The zero-order valence-corrected chi connectivity index (χ0v) is 41.3. The minimum atomic E-state index is -1.05. The molecule has 0 spiro atoms. The molecule has 1 atom stereocenters. The van der Waals surface area contributed by atoms with E-state index in [0.29, 0.717) is 100 Å². The summed E-state index contributed by atoms with van der Waals surface area (Å²) < 4.78 is 51.4. The molecule has 4 heterocycles. The SMILES string of the molecule is Nc1ncc(-c2ccc(SN(CCCNC(=O)CCOCCOCCOCCOCCOCCOc3cccc4c3C(=O)N(C3CCC(=O)NC3=O)C4=O)C3CC3)cc2F)cc1-c1ccc2c(c1)CCNC2=O. The second-order valence-corrected chi connectivity index (χ2v) is 18.8. The molecule has 19 nitrogen and oxygen atoms in total. The number of pyridine rings is 1. The van der Waals surface area contributed by atoms with Gasteiger partial charge in [-0.2, -0.15) is 0 Å². The number of ether oxygens (including phenoxy) is 6. The zero-order valence-electron chi connectivity index (χ0n) is 40.5. The fourth-order valence-electron chi connectivity index (χ4n) is 8.55. The van der Waals surface area contributed by atoms with E-state index in [0.717, 1.165) is 53.2 Å². The largest absolute Gasteiger partial charge is 0.490 e. The number of anilines is 1. The van der Waals surface area contributed by atoms with Gasteiger partial charge in [0.05, 0.1) is 77.2 Å². The number of hydrogen-bond donors (Lipinski definition) is 4. The topological polar surface area (TPSA) is 239 Å². The summed E-state index contributed by atoms with van der Waals surface area (Å²) in [6.07, 6.45) is 5.53. The molecular formula is C52H60FN7O12S. The molecule has 5 N–H and O–H groups in total. The molecule has 8 rings (SSSR count). The van der Waals surface area contributed by atoms with Gasteiger partial charge in [0.2, 0.25) is 17.7 Å². The van der Waals surface area contributed by atoms with Gasteiger partial charge in [0.15, 0.2) is 0 Å². The number of nitrogens with two attached hydrogens (primary N) is 1. The van der Waals surface area contributed by atoms with Crippen LogP contribution in [0, 0.1) is 5.82 Å². The summed E-state index contributed by atoms with van der Waals surface area (Å²) in [5, 5.41) is 8.00. The Kier molecular flexibility index (Phi) is 18.9. The molecular weight excluding hydrogens is 966 g/mol. The standard InChI is InChI=1S/C52H60FN7O12S/c53-42-31-37(8-10-38(42)35-30-41(48(54)57-32-35)33-5-9-39-34(29-33)13-16-56-49(39)63)73-59(36-6-7-36)17-2-15-55-45(61)14-18-67-19-20-68-21-22-69-23-24-70-25-26-71-27-28-72-44-4-1-3-40-47(44)52(66)60(51(40)65)43-11-12-46(62)58-50(43)64/h1,3-5,8-10,29-32,36,43H,2,6-7,11-28H2,(H2,54,57)(H,55,61)(H,56,63)(H,58,62,64). The fraction of sp³-hybridized carbons (Fsp3) is 0.442. The minimum absolute atomic E-state index is 0.0374. The predicted molar refractivity (Wildman–Crippen MR) is 266 cm³/mol. The van der Waals surface area contributed by atoms with Crippen molar-refractivity contribution in [2.45, 2.75) is 61.9 Å². The number of hydrogen-bond acceptors (Lipinski definition) is 16. The van der Waals surface area contributed by atoms with Crippen LogP contribution < -0.4 is 26.4 Å². The van der Waals surface area contributed by atoms with Gasteiger partial charge >= 0.3 is 0 Å². The molecule has 0 bridgehead atoms. The van der Waals surface area contributed by atoms with Crippen molar-refractivity contribution in [2.24, 2.45) is 0 Å². The Morgan fingerprint density at radius 2 is 1.47 bits per heavy atom. The third-order valence-corrected chi connectivity index (χ3v) is 13.6. The molecule has 3 aliphatic heterocycles. The average Bonchev–Trinajstić information content (AvgIpc) is 4.20. The average molecular weight is 1030 g/mol. The van der Waals surface area contributed by atoms with Crippen LogP contribution in [0.15, 0.2) is 71.8 Å². The van der Waals surface area contributed by atoms with Crippen molar-refractivity contribution in [1.29, 1.82) is 0 Å². The van der Waals surface area contributed by atoms with E-state index in [1.165, 1.54) is 18.0 Å². The molecule has 4 aliphatic rings. The second kappa shape index (κ2) is 26.1. The molecule has 1 saturated carbocycles. The number of piperidine rings is 1. The normalized spacial score (nSPS) is 16.4. The molecule has 6 amide bonds. The van der Waals surface area contributed by atoms with E-state index in [1.807, 2.05) is 24.3 Å². The lowest BCUT2D eigenvalue weighted by atomic mass is 9.94. The van der Waals surface area contributed by atoms with E-state index in [2.05, 4.69) is 25.2 Å². The number of fused-ring (bicyclic) bond motifs is 2. The number of aromatic nitrogens is 1. The van der Waals surface area contributed by atoms with Crippen molar-refractivity contribution in [3.63, 3.8) is 0 Å². The maximum Gasteiger partial charge on any atom is 0.266 e. The molecule has 4 aromatic rings. The lowest BCUT2D eigenvalue weighted by molar-refractivity contribution is -0.136. The van der Waals surface area contributed by atoms with Gasteiger partial charge in [0.25, 0.3) is 17.7 Å². The summed E-state index contributed by atoms with van der Waals surface area (Å²) >= 11 is 1.53. The fourth-order valence-corrected chi connectivity index (χ4v) is 9.69. The van der Waals surface area contributed by atoms with Crippen LogP contribution in [0.25, 0.3) is 22.3 Å². The molecule has 3 aromatic carbocycles. The van der Waals surface area contributed by atoms with Crippen LogP contribution >= 0.6 is 11.9 Å². The number of nitrogen functional groups attached to an aromatic ring is 1.